The van der Waals surface area contributed by atoms with Crippen molar-refractivity contribution in [3.63, 3.8) is 0 Å². The molecule has 0 saturated heterocycles. The summed E-state index contributed by atoms with van der Waals surface area (Å²) in [4.78, 5) is 11.5. The minimum Gasteiger partial charge on any atom is -0.299 e. The van der Waals surface area contributed by atoms with E-state index in [2.05, 4.69) is 79.8 Å². The van der Waals surface area contributed by atoms with Crippen LogP contribution >= 0.6 is 0 Å². The third-order valence-corrected chi connectivity index (χ3v) is 4.94. The fourth-order valence-corrected chi connectivity index (χ4v) is 2.94. The summed E-state index contributed by atoms with van der Waals surface area (Å²) < 4.78 is 0. The first kappa shape index (κ1) is 29.1. The fourth-order valence-electron chi connectivity index (χ4n) is 2.94. The first-order chi connectivity index (χ1) is 15.2. The van der Waals surface area contributed by atoms with Gasteiger partial charge in [0.25, 0.3) is 0 Å². The number of Topliss-reactive ketones (excluding diaryl/α,β-unsaturated/α-hetero) is 1. The van der Waals surface area contributed by atoms with Crippen LogP contribution in [0.5, 0.6) is 0 Å². The Kier molecular flexibility index (Phi) is 22.9. The van der Waals surface area contributed by atoms with Gasteiger partial charge in [0.05, 0.1) is 0 Å². The number of allylic oxidation sites excluding steroid dienone is 12. The number of carbonyl (C=O) groups is 1. The van der Waals surface area contributed by atoms with E-state index in [4.69, 9.17) is 0 Å². The zero-order chi connectivity index (χ0) is 22.8. The summed E-state index contributed by atoms with van der Waals surface area (Å²) in [5.41, 5.74) is 0. The van der Waals surface area contributed by atoms with Gasteiger partial charge in [-0.25, -0.2) is 0 Å². The average Bonchev–Trinajstić information content (AvgIpc) is 2.76. The Balaban J connectivity index is 3.45. The fraction of sp³-hybridized carbons (Fsp3) is 0.567. The van der Waals surface area contributed by atoms with Crippen LogP contribution in [0.2, 0.25) is 0 Å². The number of hydrogen-bond acceptors (Lipinski definition) is 1. The molecule has 31 heavy (non-hydrogen) atoms. The maximum absolute atomic E-state index is 11.5. The third-order valence-electron chi connectivity index (χ3n) is 4.94. The van der Waals surface area contributed by atoms with E-state index in [1.165, 1.54) is 12.8 Å². The molecule has 0 rings (SSSR count). The Morgan fingerprint density at radius 3 is 1.00 bits per heavy atom. The Bertz CT molecular complexity index is 569. The van der Waals surface area contributed by atoms with Gasteiger partial charge in [0, 0.05) is 12.3 Å². The van der Waals surface area contributed by atoms with E-state index < -0.39 is 0 Å². The van der Waals surface area contributed by atoms with Crippen LogP contribution in [0.4, 0.5) is 0 Å². The third kappa shape index (κ3) is 24.3. The molecule has 1 heteroatoms. The highest BCUT2D eigenvalue weighted by Crippen LogP contribution is 2.04. The van der Waals surface area contributed by atoms with Crippen LogP contribution in [0.15, 0.2) is 72.9 Å². The number of rotatable bonds is 20. The van der Waals surface area contributed by atoms with Crippen LogP contribution in [0.1, 0.15) is 104 Å². The summed E-state index contributed by atoms with van der Waals surface area (Å²) >= 11 is 0. The first-order valence-electron chi connectivity index (χ1n) is 12.6. The van der Waals surface area contributed by atoms with Gasteiger partial charge in [-0.3, -0.25) is 4.79 Å². The second-order valence-electron chi connectivity index (χ2n) is 8.28. The predicted octanol–water partition coefficient (Wildman–Crippen LogP) is 9.64. The summed E-state index contributed by atoms with van der Waals surface area (Å²) in [6.07, 6.45) is 41.3. The van der Waals surface area contributed by atoms with E-state index in [0.717, 1.165) is 64.2 Å². The molecule has 0 atom stereocenters. The molecular weight excluding hydrogens is 376 g/mol. The standard InChI is InChI=1S/C30H48O/c1-4-5-6-7-8-9-10-11-12-13-14-15-16-17-18-19-20-21-22-23-24-25-26-27-28-30(31)29(2)3/h5-6,9-10,13-14,17-18,21-22,25-26,29H,4,7-8,11-12,15-16,19-20,23-24,27-28H2,1-3H3/b6-5-,10-9-,14-13-,18-17-,22-21-,26-25-. The molecule has 0 radical (unpaired) electrons. The number of hydrogen-bond donors (Lipinski definition) is 0. The van der Waals surface area contributed by atoms with Crippen LogP contribution in [0.25, 0.3) is 0 Å². The monoisotopic (exact) mass is 424 g/mol. The van der Waals surface area contributed by atoms with Crippen LogP contribution in [0, 0.1) is 5.92 Å². The van der Waals surface area contributed by atoms with E-state index in [1.807, 2.05) is 13.8 Å². The molecule has 0 fully saturated rings. The van der Waals surface area contributed by atoms with Crippen LogP contribution in [0.3, 0.4) is 0 Å². The lowest BCUT2D eigenvalue weighted by Gasteiger charge is -2.00. The average molecular weight is 425 g/mol. The van der Waals surface area contributed by atoms with Gasteiger partial charge in [0.1, 0.15) is 5.78 Å². The van der Waals surface area contributed by atoms with Crippen molar-refractivity contribution in [3.8, 4) is 0 Å². The number of ketones is 1. The van der Waals surface area contributed by atoms with Gasteiger partial charge in [0.15, 0.2) is 0 Å². The molecule has 0 aromatic rings. The molecule has 0 spiro atoms. The molecule has 0 amide bonds. The van der Waals surface area contributed by atoms with Crippen molar-refractivity contribution >= 4 is 5.78 Å². The Morgan fingerprint density at radius 2 is 0.742 bits per heavy atom. The predicted molar refractivity (Wildman–Crippen MR) is 140 cm³/mol. The van der Waals surface area contributed by atoms with Gasteiger partial charge in [-0.05, 0) is 77.0 Å². The van der Waals surface area contributed by atoms with E-state index >= 15 is 0 Å². The van der Waals surface area contributed by atoms with Crippen LogP contribution < -0.4 is 0 Å². The Morgan fingerprint density at radius 1 is 0.484 bits per heavy atom. The topological polar surface area (TPSA) is 17.1 Å². The normalized spacial score (nSPS) is 13.0. The SMILES string of the molecule is CC/C=C\CC/C=C\CC/C=C\CC/C=C\CC/C=C\CC/C=C\CCC(=O)C(C)C. The molecule has 0 aliphatic rings. The second-order valence-corrected chi connectivity index (χ2v) is 8.28. The van der Waals surface area contributed by atoms with E-state index in [-0.39, 0.29) is 5.92 Å². The molecule has 174 valence electrons. The van der Waals surface area contributed by atoms with Crippen LogP contribution in [-0.2, 0) is 4.79 Å². The highest BCUT2D eigenvalue weighted by Gasteiger charge is 2.04. The van der Waals surface area contributed by atoms with Crippen LogP contribution in [-0.4, -0.2) is 5.78 Å². The summed E-state index contributed by atoms with van der Waals surface area (Å²) in [5, 5.41) is 0. The molecule has 0 heterocycles. The maximum Gasteiger partial charge on any atom is 0.135 e. The van der Waals surface area contributed by atoms with Crippen molar-refractivity contribution in [3.05, 3.63) is 72.9 Å². The largest absolute Gasteiger partial charge is 0.299 e. The van der Waals surface area contributed by atoms with Crippen molar-refractivity contribution in [2.75, 3.05) is 0 Å². The van der Waals surface area contributed by atoms with E-state index in [9.17, 15) is 4.79 Å². The highest BCUT2D eigenvalue weighted by atomic mass is 16.1. The maximum atomic E-state index is 11.5. The molecule has 0 aliphatic carbocycles. The van der Waals surface area contributed by atoms with Crippen molar-refractivity contribution in [1.82, 2.24) is 0 Å². The summed E-state index contributed by atoms with van der Waals surface area (Å²) in [5.74, 6) is 0.533. The lowest BCUT2D eigenvalue weighted by molar-refractivity contribution is -0.121. The number of unbranched alkanes of at least 4 members (excludes halogenated alkanes) is 5. The molecule has 0 bridgehead atoms. The molecule has 0 aromatic heterocycles. The van der Waals surface area contributed by atoms with Gasteiger partial charge >= 0.3 is 0 Å². The van der Waals surface area contributed by atoms with Crippen molar-refractivity contribution in [2.45, 2.75) is 104 Å². The molecule has 0 N–H and O–H groups in total. The van der Waals surface area contributed by atoms with Gasteiger partial charge in [-0.15, -0.1) is 0 Å². The molecular formula is C30H48O. The van der Waals surface area contributed by atoms with Gasteiger partial charge < -0.3 is 0 Å². The van der Waals surface area contributed by atoms with Crippen molar-refractivity contribution in [1.29, 1.82) is 0 Å². The molecule has 0 aliphatic heterocycles. The molecule has 0 saturated carbocycles. The van der Waals surface area contributed by atoms with Gasteiger partial charge in [0.2, 0.25) is 0 Å². The Hall–Kier alpha value is -1.89. The minimum atomic E-state index is 0.169. The zero-order valence-electron chi connectivity index (χ0n) is 20.6. The van der Waals surface area contributed by atoms with Gasteiger partial charge in [-0.1, -0.05) is 93.7 Å². The van der Waals surface area contributed by atoms with Crippen molar-refractivity contribution in [2.24, 2.45) is 5.92 Å². The highest BCUT2D eigenvalue weighted by molar-refractivity contribution is 5.80. The van der Waals surface area contributed by atoms with Gasteiger partial charge in [-0.2, -0.15) is 0 Å². The van der Waals surface area contributed by atoms with Crippen molar-refractivity contribution < 1.29 is 4.79 Å². The lowest BCUT2D eigenvalue weighted by atomic mass is 10.0. The summed E-state index contributed by atoms with van der Waals surface area (Å²) in [6.45, 7) is 6.12. The van der Waals surface area contributed by atoms with E-state index in [1.54, 1.807) is 0 Å². The quantitative estimate of drug-likeness (QED) is 0.140. The Labute approximate surface area is 193 Å². The molecule has 0 aromatic carbocycles. The smallest absolute Gasteiger partial charge is 0.135 e. The summed E-state index contributed by atoms with van der Waals surface area (Å²) in [6, 6.07) is 0. The zero-order valence-corrected chi connectivity index (χ0v) is 20.6. The first-order valence-corrected chi connectivity index (χ1v) is 12.6. The lowest BCUT2D eigenvalue weighted by Crippen LogP contribution is -2.05. The second kappa shape index (κ2) is 24.4. The molecule has 0 unspecified atom stereocenters. The minimum absolute atomic E-state index is 0.169. The summed E-state index contributed by atoms with van der Waals surface area (Å²) in [7, 11) is 0. The number of carbonyl (C=O) groups excluding carboxylic acids is 1. The van der Waals surface area contributed by atoms with E-state index in [0.29, 0.717) is 12.2 Å². The molecule has 1 nitrogen and oxygen atoms in total.